The van der Waals surface area contributed by atoms with Crippen molar-refractivity contribution in [2.24, 2.45) is 0 Å². The zero-order chi connectivity index (χ0) is 12.3. The summed E-state index contributed by atoms with van der Waals surface area (Å²) in [4.78, 5) is 14.8. The van der Waals surface area contributed by atoms with Gasteiger partial charge in [-0.25, -0.2) is 9.78 Å². The van der Waals surface area contributed by atoms with Gasteiger partial charge in [-0.05, 0) is 0 Å². The fraction of sp³-hybridized carbons (Fsp3) is 0.333. The quantitative estimate of drug-likeness (QED) is 0.731. The van der Waals surface area contributed by atoms with Crippen LogP contribution in [0.5, 0.6) is 0 Å². The smallest absolute Gasteiger partial charge is 0.334 e. The lowest BCUT2D eigenvalue weighted by molar-refractivity contribution is -0.147. The molecule has 0 aliphatic rings. The van der Waals surface area contributed by atoms with E-state index in [2.05, 4.69) is 20.5 Å². The molecule has 8 nitrogen and oxygen atoms in total. The lowest BCUT2D eigenvalue weighted by atomic mass is 10.3. The molecule has 0 bridgehead atoms. The molecule has 0 saturated carbocycles. The first kappa shape index (κ1) is 11.3. The van der Waals surface area contributed by atoms with Crippen LogP contribution in [0, 0.1) is 0 Å². The molecule has 0 amide bonds. The topological polar surface area (TPSA) is 102 Å². The van der Waals surface area contributed by atoms with Gasteiger partial charge in [-0.2, -0.15) is 0 Å². The third-order valence-corrected chi connectivity index (χ3v) is 2.23. The second-order valence-electron chi connectivity index (χ2n) is 3.28. The molecule has 1 unspecified atom stereocenters. The van der Waals surface area contributed by atoms with Crippen LogP contribution in [-0.4, -0.2) is 50.4 Å². The normalized spacial score (nSPS) is 12.5. The average molecular weight is 237 g/mol. The van der Waals surface area contributed by atoms with E-state index < -0.39 is 12.1 Å². The minimum atomic E-state index is -1.03. The Morgan fingerprint density at radius 1 is 1.71 bits per heavy atom. The van der Waals surface area contributed by atoms with Gasteiger partial charge in [0.05, 0.1) is 6.54 Å². The van der Waals surface area contributed by atoms with Crippen molar-refractivity contribution in [1.82, 2.24) is 19.6 Å². The number of ether oxygens (including phenoxy) is 1. The van der Waals surface area contributed by atoms with Crippen molar-refractivity contribution in [2.45, 2.75) is 6.10 Å². The Labute approximate surface area is 96.3 Å². The number of nitrogens with zero attached hydrogens (tertiary/aromatic N) is 4. The molecular weight excluding hydrogens is 226 g/mol. The summed E-state index contributed by atoms with van der Waals surface area (Å²) < 4.78 is 6.47. The molecule has 0 fully saturated rings. The summed E-state index contributed by atoms with van der Waals surface area (Å²) in [5.41, 5.74) is 0.535. The van der Waals surface area contributed by atoms with E-state index in [0.29, 0.717) is 11.5 Å². The maximum atomic E-state index is 10.7. The molecule has 2 heterocycles. The maximum absolute atomic E-state index is 10.7. The van der Waals surface area contributed by atoms with Crippen molar-refractivity contribution in [1.29, 1.82) is 0 Å². The van der Waals surface area contributed by atoms with Crippen molar-refractivity contribution in [3.8, 4) is 0 Å². The number of fused-ring (bicyclic) bond motifs is 1. The molecule has 90 valence electrons. The number of nitrogens with one attached hydrogen (secondary N) is 1. The Kier molecular flexibility index (Phi) is 3.15. The summed E-state index contributed by atoms with van der Waals surface area (Å²) in [5, 5.41) is 19.3. The maximum Gasteiger partial charge on any atom is 0.334 e. The Balaban J connectivity index is 2.13. The third-order valence-electron chi connectivity index (χ3n) is 2.23. The zero-order valence-electron chi connectivity index (χ0n) is 9.07. The van der Waals surface area contributed by atoms with Gasteiger partial charge in [-0.3, -0.25) is 4.40 Å². The van der Waals surface area contributed by atoms with Crippen LogP contribution in [0.1, 0.15) is 0 Å². The van der Waals surface area contributed by atoms with Crippen LogP contribution in [0.15, 0.2) is 18.7 Å². The Morgan fingerprint density at radius 2 is 2.53 bits per heavy atom. The summed E-state index contributed by atoms with van der Waals surface area (Å²) >= 11 is 0. The van der Waals surface area contributed by atoms with E-state index in [9.17, 15) is 4.79 Å². The molecule has 0 aromatic carbocycles. The van der Waals surface area contributed by atoms with Gasteiger partial charge in [-0.1, -0.05) is 0 Å². The van der Waals surface area contributed by atoms with Crippen LogP contribution in [0.25, 0.3) is 5.65 Å². The summed E-state index contributed by atoms with van der Waals surface area (Å²) in [6.07, 6.45) is 3.87. The summed E-state index contributed by atoms with van der Waals surface area (Å²) in [7, 11) is 1.34. The summed E-state index contributed by atoms with van der Waals surface area (Å²) in [5.74, 6) is -0.568. The van der Waals surface area contributed by atoms with Gasteiger partial charge in [0.1, 0.15) is 6.33 Å². The molecule has 2 aromatic rings. The highest BCUT2D eigenvalue weighted by atomic mass is 16.5. The SMILES string of the molecule is COC(CNc1nccn2cnnc12)C(=O)O. The van der Waals surface area contributed by atoms with Gasteiger partial charge >= 0.3 is 5.97 Å². The number of aliphatic carboxylic acids is 1. The van der Waals surface area contributed by atoms with E-state index in [1.54, 1.807) is 16.8 Å². The number of aromatic nitrogens is 4. The van der Waals surface area contributed by atoms with Crippen LogP contribution < -0.4 is 5.32 Å². The van der Waals surface area contributed by atoms with E-state index in [1.807, 2.05) is 0 Å². The second-order valence-corrected chi connectivity index (χ2v) is 3.28. The monoisotopic (exact) mass is 237 g/mol. The molecule has 0 saturated heterocycles. The Bertz CT molecular complexity index is 526. The lowest BCUT2D eigenvalue weighted by Gasteiger charge is -2.11. The molecule has 0 radical (unpaired) electrons. The average Bonchev–Trinajstić information content (AvgIpc) is 2.78. The number of anilines is 1. The highest BCUT2D eigenvalue weighted by Crippen LogP contribution is 2.09. The predicted octanol–water partition coefficient (Wildman–Crippen LogP) is -0.364. The van der Waals surface area contributed by atoms with Gasteiger partial charge in [0, 0.05) is 19.5 Å². The van der Waals surface area contributed by atoms with E-state index in [-0.39, 0.29) is 6.54 Å². The number of carbonyl (C=O) groups is 1. The number of hydrogen-bond acceptors (Lipinski definition) is 6. The van der Waals surface area contributed by atoms with E-state index in [0.717, 1.165) is 0 Å². The summed E-state index contributed by atoms with van der Waals surface area (Å²) in [6.45, 7) is 0.103. The van der Waals surface area contributed by atoms with Gasteiger partial charge < -0.3 is 15.2 Å². The van der Waals surface area contributed by atoms with Crippen LogP contribution in [-0.2, 0) is 9.53 Å². The fourth-order valence-corrected chi connectivity index (χ4v) is 1.34. The van der Waals surface area contributed by atoms with Crippen molar-refractivity contribution >= 4 is 17.4 Å². The first-order valence-electron chi connectivity index (χ1n) is 4.86. The number of methoxy groups -OCH3 is 1. The Morgan fingerprint density at radius 3 is 3.24 bits per heavy atom. The number of carboxylic acids is 1. The summed E-state index contributed by atoms with van der Waals surface area (Å²) in [6, 6.07) is 0. The van der Waals surface area contributed by atoms with Gasteiger partial charge in [-0.15, -0.1) is 10.2 Å². The molecule has 17 heavy (non-hydrogen) atoms. The van der Waals surface area contributed by atoms with Gasteiger partial charge in [0.15, 0.2) is 11.9 Å². The first-order valence-corrected chi connectivity index (χ1v) is 4.86. The van der Waals surface area contributed by atoms with Gasteiger partial charge in [0.2, 0.25) is 5.65 Å². The fourth-order valence-electron chi connectivity index (χ4n) is 1.34. The Hall–Kier alpha value is -2.22. The highest BCUT2D eigenvalue weighted by Gasteiger charge is 2.16. The molecule has 0 aliphatic carbocycles. The van der Waals surface area contributed by atoms with Gasteiger partial charge in [0.25, 0.3) is 0 Å². The molecule has 0 aliphatic heterocycles. The van der Waals surface area contributed by atoms with Crippen molar-refractivity contribution in [3.63, 3.8) is 0 Å². The van der Waals surface area contributed by atoms with Crippen LogP contribution in [0.3, 0.4) is 0 Å². The van der Waals surface area contributed by atoms with E-state index in [4.69, 9.17) is 9.84 Å². The zero-order valence-corrected chi connectivity index (χ0v) is 9.07. The van der Waals surface area contributed by atoms with Crippen molar-refractivity contribution < 1.29 is 14.6 Å². The van der Waals surface area contributed by atoms with Crippen LogP contribution >= 0.6 is 0 Å². The first-order chi connectivity index (χ1) is 8.22. The van der Waals surface area contributed by atoms with Crippen molar-refractivity contribution in [2.75, 3.05) is 19.0 Å². The van der Waals surface area contributed by atoms with Crippen LogP contribution in [0.4, 0.5) is 5.82 Å². The third kappa shape index (κ3) is 2.31. The molecular formula is C9H11N5O3. The molecule has 0 spiro atoms. The minimum Gasteiger partial charge on any atom is -0.479 e. The molecule has 1 atom stereocenters. The number of rotatable bonds is 5. The molecule has 2 rings (SSSR count). The molecule has 8 heteroatoms. The highest BCUT2D eigenvalue weighted by molar-refractivity contribution is 5.73. The number of carboxylic acid groups (broad SMARTS) is 1. The lowest BCUT2D eigenvalue weighted by Crippen LogP contribution is -2.30. The van der Waals surface area contributed by atoms with Crippen LogP contribution in [0.2, 0.25) is 0 Å². The molecule has 2 N–H and O–H groups in total. The van der Waals surface area contributed by atoms with E-state index >= 15 is 0 Å². The standard InChI is InChI=1S/C9H11N5O3/c1-17-6(9(15)16)4-11-7-8-13-12-5-14(8)3-2-10-7/h2-3,5-6H,4H2,1H3,(H,10,11)(H,15,16). The predicted molar refractivity (Wildman–Crippen MR) is 57.7 cm³/mol. The second kappa shape index (κ2) is 4.74. The molecule has 2 aromatic heterocycles. The largest absolute Gasteiger partial charge is 0.479 e. The number of hydrogen-bond donors (Lipinski definition) is 2. The van der Waals surface area contributed by atoms with E-state index in [1.165, 1.54) is 13.4 Å². The van der Waals surface area contributed by atoms with Crippen molar-refractivity contribution in [3.05, 3.63) is 18.7 Å². The minimum absolute atomic E-state index is 0.103.